The molecule has 0 spiro atoms. The molecular weight excluding hydrogens is 542 g/mol. The van der Waals surface area contributed by atoms with Gasteiger partial charge in [0, 0.05) is 6.42 Å². The summed E-state index contributed by atoms with van der Waals surface area (Å²) >= 11 is 0. The molecule has 4 fully saturated rings. The molecule has 5 rings (SSSR count). The summed E-state index contributed by atoms with van der Waals surface area (Å²) in [7, 11) is 0. The van der Waals surface area contributed by atoms with Gasteiger partial charge in [0.15, 0.2) is 0 Å². The minimum absolute atomic E-state index is 0.215. The Morgan fingerprint density at radius 2 is 1.98 bits per heavy atom. The van der Waals surface area contributed by atoms with E-state index in [4.69, 9.17) is 9.15 Å². The lowest BCUT2D eigenvalue weighted by molar-refractivity contribution is -0.164. The van der Waals surface area contributed by atoms with Crippen molar-refractivity contribution >= 4 is 5.97 Å². The molecule has 4 saturated carbocycles. The standard InChI is InChI=1S/C36H53NO6/c1-22(9-14-31(43-33(41)34(4,5)21-38)36(16-17-36)32-37-23(2)20-42-32)28-12-13-29-25(8-7-15-35(28,29)6)10-11-26-18-27(39)19-30(40)24(26)3/h10-11,20,22,27-31,38-40H,3,7-9,12-19,21H2,1-2,4-6H3/b25-10+,26-11-/t22-,27-,28-,29+,30+,31-,35-/m1/s1. The minimum atomic E-state index is -0.959. The zero-order chi connectivity index (χ0) is 31.2. The smallest absolute Gasteiger partial charge is 0.314 e. The van der Waals surface area contributed by atoms with Crippen LogP contribution in [0, 0.1) is 35.5 Å². The molecule has 1 aromatic heterocycles. The van der Waals surface area contributed by atoms with E-state index in [1.165, 1.54) is 31.3 Å². The highest BCUT2D eigenvalue weighted by Gasteiger charge is 2.57. The summed E-state index contributed by atoms with van der Waals surface area (Å²) < 4.78 is 12.1. The molecule has 7 atom stereocenters. The summed E-state index contributed by atoms with van der Waals surface area (Å²) in [5, 5.41) is 30.3. The summed E-state index contributed by atoms with van der Waals surface area (Å²) in [6, 6.07) is 0. The lowest BCUT2D eigenvalue weighted by Crippen LogP contribution is -2.39. The molecule has 238 valence electrons. The average Bonchev–Trinajstić information content (AvgIpc) is 3.52. The van der Waals surface area contributed by atoms with Crippen LogP contribution in [0.1, 0.15) is 110 Å². The van der Waals surface area contributed by atoms with Gasteiger partial charge < -0.3 is 24.5 Å². The topological polar surface area (TPSA) is 113 Å². The molecular formula is C36H53NO6. The molecule has 1 aromatic rings. The molecule has 0 bridgehead atoms. The Morgan fingerprint density at radius 1 is 1.23 bits per heavy atom. The third-order valence-electron chi connectivity index (χ3n) is 11.5. The number of fused-ring (bicyclic) bond motifs is 1. The number of carbonyl (C=O) groups excluding carboxylic acids is 1. The molecule has 0 radical (unpaired) electrons. The maximum Gasteiger partial charge on any atom is 0.314 e. The lowest BCUT2D eigenvalue weighted by atomic mass is 9.60. The monoisotopic (exact) mass is 595 g/mol. The van der Waals surface area contributed by atoms with Crippen LogP contribution in [0.2, 0.25) is 0 Å². The maximum absolute atomic E-state index is 13.1. The van der Waals surface area contributed by atoms with Gasteiger partial charge in [-0.25, -0.2) is 4.98 Å². The molecule has 0 saturated heterocycles. The Balaban J connectivity index is 1.30. The molecule has 7 nitrogen and oxygen atoms in total. The number of aliphatic hydroxyl groups is 3. The number of aryl methyl sites for hydroxylation is 1. The van der Waals surface area contributed by atoms with Crippen LogP contribution in [-0.2, 0) is 14.9 Å². The number of allylic oxidation sites excluding steroid dienone is 3. The second kappa shape index (κ2) is 12.3. The van der Waals surface area contributed by atoms with Crippen molar-refractivity contribution in [1.82, 2.24) is 4.98 Å². The summed E-state index contributed by atoms with van der Waals surface area (Å²) in [5.74, 6) is 1.87. The van der Waals surface area contributed by atoms with Crippen molar-refractivity contribution in [3.05, 3.63) is 53.3 Å². The van der Waals surface area contributed by atoms with Crippen molar-refractivity contribution in [3.8, 4) is 0 Å². The fraction of sp³-hybridized carbons (Fsp3) is 0.722. The van der Waals surface area contributed by atoms with E-state index in [1.807, 2.05) is 6.92 Å². The number of oxazole rings is 1. The Bertz CT molecular complexity index is 1250. The highest BCUT2D eigenvalue weighted by atomic mass is 16.5. The Morgan fingerprint density at radius 3 is 2.63 bits per heavy atom. The summed E-state index contributed by atoms with van der Waals surface area (Å²) in [6.07, 6.45) is 14.8. The second-order valence-electron chi connectivity index (χ2n) is 15.1. The summed E-state index contributed by atoms with van der Waals surface area (Å²) in [4.78, 5) is 17.8. The van der Waals surface area contributed by atoms with Gasteiger partial charge in [0.1, 0.15) is 12.4 Å². The van der Waals surface area contributed by atoms with Crippen molar-refractivity contribution in [2.45, 2.75) is 129 Å². The van der Waals surface area contributed by atoms with Crippen molar-refractivity contribution < 1.29 is 29.3 Å². The van der Waals surface area contributed by atoms with Gasteiger partial charge in [0.2, 0.25) is 5.89 Å². The predicted octanol–water partition coefficient (Wildman–Crippen LogP) is 6.50. The summed E-state index contributed by atoms with van der Waals surface area (Å²) in [6.45, 7) is 14.1. The number of aliphatic hydroxyl groups excluding tert-OH is 3. The Labute approximate surface area is 257 Å². The van der Waals surface area contributed by atoms with Crippen LogP contribution in [0.3, 0.4) is 0 Å². The largest absolute Gasteiger partial charge is 0.461 e. The van der Waals surface area contributed by atoms with E-state index in [0.717, 1.165) is 48.9 Å². The van der Waals surface area contributed by atoms with Gasteiger partial charge in [0.05, 0.1) is 35.3 Å². The number of hydrogen-bond donors (Lipinski definition) is 3. The SMILES string of the molecule is C=C1/C(=C\C=C2/CCC[C@]3(C)[C@@H]([C@H](C)CC[C@@H](OC(=O)C(C)(C)CO)C4(c5nc(C)co5)CC4)CC[C@@H]23)C[C@@H](O)C[C@@H]1O. The number of hydrogen-bond acceptors (Lipinski definition) is 7. The van der Waals surface area contributed by atoms with Gasteiger partial charge >= 0.3 is 5.97 Å². The van der Waals surface area contributed by atoms with E-state index in [2.05, 4.69) is 37.6 Å². The van der Waals surface area contributed by atoms with E-state index < -0.39 is 17.6 Å². The van der Waals surface area contributed by atoms with Crippen LogP contribution >= 0.6 is 0 Å². The quantitative estimate of drug-likeness (QED) is 0.265. The van der Waals surface area contributed by atoms with Gasteiger partial charge in [-0.3, -0.25) is 4.79 Å². The van der Waals surface area contributed by atoms with Crippen LogP contribution in [-0.4, -0.2) is 51.2 Å². The van der Waals surface area contributed by atoms with Crippen molar-refractivity contribution in [3.63, 3.8) is 0 Å². The first kappa shape index (κ1) is 32.2. The third kappa shape index (κ3) is 6.32. The van der Waals surface area contributed by atoms with Crippen molar-refractivity contribution in [1.29, 1.82) is 0 Å². The summed E-state index contributed by atoms with van der Waals surface area (Å²) in [5.41, 5.74) is 2.91. The van der Waals surface area contributed by atoms with Gasteiger partial charge in [-0.15, -0.1) is 0 Å². The normalized spacial score (nSPS) is 33.8. The number of aromatic nitrogens is 1. The van der Waals surface area contributed by atoms with Crippen LogP contribution in [0.25, 0.3) is 0 Å². The molecule has 4 aliphatic rings. The number of carbonyl (C=O) groups is 1. The number of nitrogens with zero attached hydrogens (tertiary/aromatic N) is 1. The van der Waals surface area contributed by atoms with E-state index in [9.17, 15) is 20.1 Å². The Hall–Kier alpha value is -2.22. The van der Waals surface area contributed by atoms with Crippen LogP contribution in [0.5, 0.6) is 0 Å². The van der Waals surface area contributed by atoms with Gasteiger partial charge in [-0.2, -0.15) is 0 Å². The first-order valence-electron chi connectivity index (χ1n) is 16.5. The van der Waals surface area contributed by atoms with E-state index in [0.29, 0.717) is 36.5 Å². The van der Waals surface area contributed by atoms with Crippen LogP contribution in [0.4, 0.5) is 0 Å². The molecule has 7 heteroatoms. The van der Waals surface area contributed by atoms with E-state index in [-0.39, 0.29) is 29.5 Å². The van der Waals surface area contributed by atoms with Gasteiger partial charge in [-0.1, -0.05) is 38.2 Å². The predicted molar refractivity (Wildman–Crippen MR) is 166 cm³/mol. The highest BCUT2D eigenvalue weighted by Crippen LogP contribution is 2.60. The molecule has 0 amide bonds. The van der Waals surface area contributed by atoms with Gasteiger partial charge in [-0.05, 0) is 119 Å². The zero-order valence-electron chi connectivity index (χ0n) is 26.9. The second-order valence-corrected chi connectivity index (χ2v) is 15.1. The third-order valence-corrected chi connectivity index (χ3v) is 11.5. The molecule has 0 aromatic carbocycles. The van der Waals surface area contributed by atoms with Crippen LogP contribution in [0.15, 0.2) is 46.1 Å². The minimum Gasteiger partial charge on any atom is -0.461 e. The van der Waals surface area contributed by atoms with Crippen LogP contribution < -0.4 is 0 Å². The number of ether oxygens (including phenoxy) is 1. The molecule has 1 heterocycles. The molecule has 0 unspecified atom stereocenters. The molecule has 4 aliphatic carbocycles. The molecule has 43 heavy (non-hydrogen) atoms. The van der Waals surface area contributed by atoms with Crippen molar-refractivity contribution in [2.24, 2.45) is 28.6 Å². The average molecular weight is 596 g/mol. The fourth-order valence-corrected chi connectivity index (χ4v) is 8.49. The van der Waals surface area contributed by atoms with Crippen molar-refractivity contribution in [2.75, 3.05) is 6.61 Å². The van der Waals surface area contributed by atoms with Gasteiger partial charge in [0.25, 0.3) is 0 Å². The molecule has 3 N–H and O–H groups in total. The fourth-order valence-electron chi connectivity index (χ4n) is 8.49. The van der Waals surface area contributed by atoms with E-state index in [1.54, 1.807) is 20.1 Å². The first-order valence-corrected chi connectivity index (χ1v) is 16.5. The molecule has 0 aliphatic heterocycles. The zero-order valence-corrected chi connectivity index (χ0v) is 26.9. The lowest BCUT2D eigenvalue weighted by Gasteiger charge is -2.44. The maximum atomic E-state index is 13.1. The number of rotatable bonds is 10. The number of esters is 1. The van der Waals surface area contributed by atoms with E-state index >= 15 is 0 Å². The Kier molecular flexibility index (Phi) is 9.20. The first-order chi connectivity index (χ1) is 20.3. The highest BCUT2D eigenvalue weighted by molar-refractivity contribution is 5.76.